The summed E-state index contributed by atoms with van der Waals surface area (Å²) < 4.78 is 47.6. The highest BCUT2D eigenvalue weighted by molar-refractivity contribution is 7.89. The van der Waals surface area contributed by atoms with Crippen LogP contribution in [0.5, 0.6) is 0 Å². The normalized spacial score (nSPS) is 12.6. The van der Waals surface area contributed by atoms with E-state index in [-0.39, 0.29) is 5.75 Å². The molecule has 0 atom stereocenters. The third-order valence-electron chi connectivity index (χ3n) is 2.13. The summed E-state index contributed by atoms with van der Waals surface area (Å²) in [4.78, 5) is 0. The minimum absolute atomic E-state index is 0.0678. The van der Waals surface area contributed by atoms with Crippen LogP contribution < -0.4 is 5.32 Å². The molecule has 98 valence electrons. The van der Waals surface area contributed by atoms with Crippen molar-refractivity contribution in [2.45, 2.75) is 26.2 Å². The Morgan fingerprint density at radius 2 is 1.94 bits per heavy atom. The van der Waals surface area contributed by atoms with Crippen LogP contribution in [0.2, 0.25) is 0 Å². The third-order valence-corrected chi connectivity index (χ3v) is 4.03. The molecule has 0 aliphatic carbocycles. The van der Waals surface area contributed by atoms with E-state index in [1.165, 1.54) is 7.05 Å². The molecule has 1 N–H and O–H groups in total. The molecule has 16 heavy (non-hydrogen) atoms. The quantitative estimate of drug-likeness (QED) is 0.625. The van der Waals surface area contributed by atoms with E-state index in [1.807, 2.05) is 6.92 Å². The van der Waals surface area contributed by atoms with Gasteiger partial charge in [0, 0.05) is 7.05 Å². The predicted molar refractivity (Wildman–Crippen MR) is 60.2 cm³/mol. The SMILES string of the molecule is CCNCCCCS(=O)(=O)N(C)CC(F)F. The molecule has 0 aliphatic rings. The van der Waals surface area contributed by atoms with E-state index in [0.717, 1.165) is 23.8 Å². The molecule has 0 unspecified atom stereocenters. The summed E-state index contributed by atoms with van der Waals surface area (Å²) in [6.45, 7) is 2.84. The van der Waals surface area contributed by atoms with Gasteiger partial charge in [-0.05, 0) is 25.9 Å². The van der Waals surface area contributed by atoms with Crippen molar-refractivity contribution in [2.75, 3.05) is 32.4 Å². The number of sulfonamides is 1. The number of alkyl halides is 2. The molecule has 0 fully saturated rings. The van der Waals surface area contributed by atoms with Crippen LogP contribution in [0.25, 0.3) is 0 Å². The van der Waals surface area contributed by atoms with E-state index in [4.69, 9.17) is 0 Å². The summed E-state index contributed by atoms with van der Waals surface area (Å²) in [5.74, 6) is -0.0678. The van der Waals surface area contributed by atoms with Crippen molar-refractivity contribution in [1.82, 2.24) is 9.62 Å². The zero-order chi connectivity index (χ0) is 12.6. The molecule has 0 spiro atoms. The van der Waals surface area contributed by atoms with Crippen molar-refractivity contribution in [2.24, 2.45) is 0 Å². The van der Waals surface area contributed by atoms with Gasteiger partial charge in [-0.2, -0.15) is 4.31 Å². The van der Waals surface area contributed by atoms with Gasteiger partial charge >= 0.3 is 0 Å². The van der Waals surface area contributed by atoms with Crippen molar-refractivity contribution >= 4 is 10.0 Å². The number of nitrogens with zero attached hydrogens (tertiary/aromatic N) is 1. The molecule has 0 saturated heterocycles. The smallest absolute Gasteiger partial charge is 0.252 e. The number of unbranched alkanes of at least 4 members (excludes halogenated alkanes) is 1. The largest absolute Gasteiger partial charge is 0.317 e. The average Bonchev–Trinajstić information content (AvgIpc) is 2.16. The number of nitrogens with one attached hydrogen (secondary N) is 1. The summed E-state index contributed by atoms with van der Waals surface area (Å²) in [5, 5.41) is 3.07. The first-order valence-electron chi connectivity index (χ1n) is 5.33. The average molecular weight is 258 g/mol. The number of hydrogen-bond acceptors (Lipinski definition) is 3. The molecule has 0 aromatic heterocycles. The van der Waals surface area contributed by atoms with Crippen molar-refractivity contribution in [1.29, 1.82) is 0 Å². The lowest BCUT2D eigenvalue weighted by atomic mass is 10.3. The summed E-state index contributed by atoms with van der Waals surface area (Å²) in [6.07, 6.45) is -1.40. The van der Waals surface area contributed by atoms with E-state index in [2.05, 4.69) is 5.32 Å². The Balaban J connectivity index is 3.86. The van der Waals surface area contributed by atoms with Crippen molar-refractivity contribution in [3.8, 4) is 0 Å². The summed E-state index contributed by atoms with van der Waals surface area (Å²) in [7, 11) is -2.33. The van der Waals surface area contributed by atoms with Gasteiger partial charge in [0.1, 0.15) is 0 Å². The van der Waals surface area contributed by atoms with Gasteiger partial charge in [-0.15, -0.1) is 0 Å². The van der Waals surface area contributed by atoms with Gasteiger partial charge in [-0.3, -0.25) is 0 Å². The molecule has 0 saturated carbocycles. The van der Waals surface area contributed by atoms with Crippen molar-refractivity contribution in [3.63, 3.8) is 0 Å². The van der Waals surface area contributed by atoms with Crippen molar-refractivity contribution in [3.05, 3.63) is 0 Å². The molecule has 0 amide bonds. The van der Waals surface area contributed by atoms with Gasteiger partial charge < -0.3 is 5.32 Å². The van der Waals surface area contributed by atoms with Crippen molar-refractivity contribution < 1.29 is 17.2 Å². The van der Waals surface area contributed by atoms with E-state index in [1.54, 1.807) is 0 Å². The fraction of sp³-hybridized carbons (Fsp3) is 1.00. The third kappa shape index (κ3) is 7.08. The Kier molecular flexibility index (Phi) is 7.78. The van der Waals surface area contributed by atoms with Crippen LogP contribution in [0.1, 0.15) is 19.8 Å². The van der Waals surface area contributed by atoms with Gasteiger partial charge in [0.2, 0.25) is 10.0 Å². The van der Waals surface area contributed by atoms with Gasteiger partial charge in [-0.1, -0.05) is 6.92 Å². The second-order valence-electron chi connectivity index (χ2n) is 3.55. The van der Waals surface area contributed by atoms with E-state index >= 15 is 0 Å². The molecule has 0 aliphatic heterocycles. The van der Waals surface area contributed by atoms with Gasteiger partial charge in [0.25, 0.3) is 6.43 Å². The molecule has 0 rings (SSSR count). The van der Waals surface area contributed by atoms with Gasteiger partial charge in [0.05, 0.1) is 12.3 Å². The predicted octanol–water partition coefficient (Wildman–Crippen LogP) is 0.903. The number of hydrogen-bond donors (Lipinski definition) is 1. The van der Waals surface area contributed by atoms with Crippen LogP contribution >= 0.6 is 0 Å². The molecular weight excluding hydrogens is 238 g/mol. The first kappa shape index (κ1) is 15.7. The van der Waals surface area contributed by atoms with Gasteiger partial charge in [0.15, 0.2) is 0 Å². The second kappa shape index (κ2) is 7.92. The van der Waals surface area contributed by atoms with Crippen LogP contribution in [-0.2, 0) is 10.0 Å². The molecular formula is C9H20F2N2O2S. The maximum Gasteiger partial charge on any atom is 0.252 e. The highest BCUT2D eigenvalue weighted by Gasteiger charge is 2.20. The lowest BCUT2D eigenvalue weighted by molar-refractivity contribution is 0.126. The molecule has 7 heteroatoms. The maximum atomic E-state index is 12.0. The second-order valence-corrected chi connectivity index (χ2v) is 5.74. The lowest BCUT2D eigenvalue weighted by Crippen LogP contribution is -2.33. The van der Waals surface area contributed by atoms with Gasteiger partial charge in [-0.25, -0.2) is 17.2 Å². The Labute approximate surface area is 96.1 Å². The van der Waals surface area contributed by atoms with Crippen LogP contribution in [0.15, 0.2) is 0 Å². The minimum Gasteiger partial charge on any atom is -0.317 e. The fourth-order valence-corrected chi connectivity index (χ4v) is 2.40. The number of halogens is 2. The summed E-state index contributed by atoms with van der Waals surface area (Å²) in [6, 6.07) is 0. The van der Waals surface area contributed by atoms with E-state index < -0.39 is 23.0 Å². The lowest BCUT2D eigenvalue weighted by Gasteiger charge is -2.16. The fourth-order valence-electron chi connectivity index (χ4n) is 1.17. The zero-order valence-corrected chi connectivity index (χ0v) is 10.6. The summed E-state index contributed by atoms with van der Waals surface area (Å²) in [5.41, 5.74) is 0. The first-order chi connectivity index (χ1) is 7.40. The maximum absolute atomic E-state index is 12.0. The Hall–Kier alpha value is -0.270. The Morgan fingerprint density at radius 3 is 2.44 bits per heavy atom. The van der Waals surface area contributed by atoms with Crippen LogP contribution in [-0.4, -0.2) is 51.6 Å². The standard InChI is InChI=1S/C9H20F2N2O2S/c1-3-12-6-4-5-7-16(14,15)13(2)8-9(10)11/h9,12H,3-8H2,1-2H3. The van der Waals surface area contributed by atoms with E-state index in [9.17, 15) is 17.2 Å². The Bertz CT molecular complexity index is 271. The number of rotatable bonds is 9. The van der Waals surface area contributed by atoms with Crippen LogP contribution in [0.3, 0.4) is 0 Å². The van der Waals surface area contributed by atoms with Crippen LogP contribution in [0.4, 0.5) is 8.78 Å². The molecule has 4 nitrogen and oxygen atoms in total. The molecule has 0 aromatic rings. The monoisotopic (exact) mass is 258 g/mol. The Morgan fingerprint density at radius 1 is 1.31 bits per heavy atom. The first-order valence-corrected chi connectivity index (χ1v) is 6.94. The topological polar surface area (TPSA) is 49.4 Å². The minimum atomic E-state index is -3.52. The molecule has 0 bridgehead atoms. The summed E-state index contributed by atoms with van der Waals surface area (Å²) >= 11 is 0. The highest BCUT2D eigenvalue weighted by Crippen LogP contribution is 2.05. The van der Waals surface area contributed by atoms with E-state index in [0.29, 0.717) is 6.42 Å². The molecule has 0 radical (unpaired) electrons. The highest BCUT2D eigenvalue weighted by atomic mass is 32.2. The molecule has 0 aromatic carbocycles. The molecule has 0 heterocycles. The zero-order valence-electron chi connectivity index (χ0n) is 9.75. The van der Waals surface area contributed by atoms with Crippen LogP contribution in [0, 0.1) is 0 Å².